The number of anilines is 2. The van der Waals surface area contributed by atoms with Crippen molar-refractivity contribution in [3.63, 3.8) is 0 Å². The van der Waals surface area contributed by atoms with E-state index in [1.165, 1.54) is 0 Å². The minimum atomic E-state index is -0.247. The molecule has 0 atom stereocenters. The molecule has 0 saturated carbocycles. The van der Waals surface area contributed by atoms with Crippen LogP contribution in [-0.2, 0) is 4.74 Å². The molecule has 1 amide bonds. The molecule has 0 bridgehead atoms. The third kappa shape index (κ3) is 3.35. The number of carbonyl (C=O) groups excluding carboxylic acids is 1. The van der Waals surface area contributed by atoms with Crippen LogP contribution in [0.5, 0.6) is 5.75 Å². The molecule has 0 unspecified atom stereocenters. The Morgan fingerprint density at radius 2 is 1.91 bits per heavy atom. The zero-order chi connectivity index (χ0) is 15.4. The van der Waals surface area contributed by atoms with Crippen LogP contribution >= 0.6 is 0 Å². The van der Waals surface area contributed by atoms with Gasteiger partial charge in [0.25, 0.3) is 5.91 Å². The predicted octanol–water partition coefficient (Wildman–Crippen LogP) is 2.15. The van der Waals surface area contributed by atoms with E-state index in [0.29, 0.717) is 24.6 Å². The van der Waals surface area contributed by atoms with Crippen molar-refractivity contribution >= 4 is 17.3 Å². The molecule has 0 spiro atoms. The fraction of sp³-hybridized carbons (Fsp3) is 0.250. The number of ether oxygens (including phenoxy) is 2. The van der Waals surface area contributed by atoms with Gasteiger partial charge in [-0.15, -0.1) is 0 Å². The summed E-state index contributed by atoms with van der Waals surface area (Å²) in [4.78, 5) is 16.2. The summed E-state index contributed by atoms with van der Waals surface area (Å²) in [6.07, 6.45) is 1.75. The minimum absolute atomic E-state index is 0.135. The van der Waals surface area contributed by atoms with Gasteiger partial charge in [-0.2, -0.15) is 0 Å². The molecule has 1 aliphatic heterocycles. The zero-order valence-corrected chi connectivity index (χ0v) is 12.2. The maximum atomic E-state index is 12.1. The molecule has 1 aliphatic rings. The Morgan fingerprint density at radius 1 is 1.18 bits per heavy atom. The summed E-state index contributed by atoms with van der Waals surface area (Å²) in [6, 6.07) is 10.7. The standard InChI is InChI=1S/C16H17N3O3/c1-17-12-4-7-15(18-8-12)16(20)19-11-2-5-13(6-3-11)22-14-9-21-10-14/h2-8,14,17H,9-10H2,1H3,(H,19,20). The van der Waals surface area contributed by atoms with E-state index in [0.717, 1.165) is 11.4 Å². The van der Waals surface area contributed by atoms with E-state index in [-0.39, 0.29) is 12.0 Å². The van der Waals surface area contributed by atoms with E-state index in [1.54, 1.807) is 37.5 Å². The van der Waals surface area contributed by atoms with Crippen molar-refractivity contribution in [2.24, 2.45) is 0 Å². The molecule has 2 aromatic rings. The number of aromatic nitrogens is 1. The number of pyridine rings is 1. The molecule has 2 N–H and O–H groups in total. The highest BCUT2D eigenvalue weighted by Gasteiger charge is 2.19. The summed E-state index contributed by atoms with van der Waals surface area (Å²) in [7, 11) is 1.80. The van der Waals surface area contributed by atoms with Crippen LogP contribution < -0.4 is 15.4 Å². The van der Waals surface area contributed by atoms with E-state index < -0.39 is 0 Å². The SMILES string of the molecule is CNc1ccc(C(=O)Nc2ccc(OC3COC3)cc2)nc1. The van der Waals surface area contributed by atoms with Gasteiger partial charge in [0.05, 0.1) is 25.1 Å². The van der Waals surface area contributed by atoms with Crippen LogP contribution in [0.2, 0.25) is 0 Å². The second-order valence-electron chi connectivity index (χ2n) is 4.94. The second-order valence-corrected chi connectivity index (χ2v) is 4.94. The lowest BCUT2D eigenvalue weighted by Gasteiger charge is -2.26. The molecule has 6 nitrogen and oxygen atoms in total. The highest BCUT2D eigenvalue weighted by Crippen LogP contribution is 2.19. The van der Waals surface area contributed by atoms with Gasteiger partial charge in [0.15, 0.2) is 0 Å². The van der Waals surface area contributed by atoms with Crippen molar-refractivity contribution in [1.29, 1.82) is 0 Å². The first-order chi connectivity index (χ1) is 10.7. The number of rotatable bonds is 5. The van der Waals surface area contributed by atoms with E-state index in [4.69, 9.17) is 9.47 Å². The fourth-order valence-electron chi connectivity index (χ4n) is 1.96. The quantitative estimate of drug-likeness (QED) is 0.885. The van der Waals surface area contributed by atoms with Crippen LogP contribution in [0.25, 0.3) is 0 Å². The first-order valence-electron chi connectivity index (χ1n) is 7.04. The number of hydrogen-bond donors (Lipinski definition) is 2. The molecule has 1 aromatic heterocycles. The highest BCUT2D eigenvalue weighted by molar-refractivity contribution is 6.02. The Morgan fingerprint density at radius 3 is 2.45 bits per heavy atom. The monoisotopic (exact) mass is 299 g/mol. The maximum absolute atomic E-state index is 12.1. The molecular weight excluding hydrogens is 282 g/mol. The minimum Gasteiger partial charge on any atom is -0.486 e. The smallest absolute Gasteiger partial charge is 0.274 e. The molecule has 114 valence electrons. The van der Waals surface area contributed by atoms with Crippen LogP contribution in [0.15, 0.2) is 42.6 Å². The average molecular weight is 299 g/mol. The lowest BCUT2D eigenvalue weighted by Crippen LogP contribution is -2.38. The molecular formula is C16H17N3O3. The van der Waals surface area contributed by atoms with E-state index in [9.17, 15) is 4.79 Å². The Hall–Kier alpha value is -2.60. The third-order valence-electron chi connectivity index (χ3n) is 3.31. The van der Waals surface area contributed by atoms with Gasteiger partial charge in [0.2, 0.25) is 0 Å². The molecule has 0 aliphatic carbocycles. The highest BCUT2D eigenvalue weighted by atomic mass is 16.6. The summed E-state index contributed by atoms with van der Waals surface area (Å²) in [5.74, 6) is 0.520. The van der Waals surface area contributed by atoms with Crippen LogP contribution in [0.1, 0.15) is 10.5 Å². The van der Waals surface area contributed by atoms with Gasteiger partial charge < -0.3 is 20.1 Å². The number of nitrogens with one attached hydrogen (secondary N) is 2. The molecule has 0 radical (unpaired) electrons. The molecule has 3 rings (SSSR count). The van der Waals surface area contributed by atoms with E-state index in [2.05, 4.69) is 15.6 Å². The Labute approximate surface area is 128 Å². The van der Waals surface area contributed by atoms with E-state index >= 15 is 0 Å². The number of carbonyl (C=O) groups is 1. The van der Waals surface area contributed by atoms with Crippen LogP contribution in [-0.4, -0.2) is 37.3 Å². The van der Waals surface area contributed by atoms with Gasteiger partial charge in [-0.3, -0.25) is 4.79 Å². The number of amides is 1. The predicted molar refractivity (Wildman–Crippen MR) is 83.4 cm³/mol. The molecule has 2 heterocycles. The van der Waals surface area contributed by atoms with Crippen molar-refractivity contribution < 1.29 is 14.3 Å². The maximum Gasteiger partial charge on any atom is 0.274 e. The van der Waals surface area contributed by atoms with Crippen LogP contribution in [0.3, 0.4) is 0 Å². The van der Waals surface area contributed by atoms with Crippen molar-refractivity contribution in [1.82, 2.24) is 4.98 Å². The van der Waals surface area contributed by atoms with Crippen molar-refractivity contribution in [3.8, 4) is 5.75 Å². The normalized spacial score (nSPS) is 14.0. The Balaban J connectivity index is 1.60. The zero-order valence-electron chi connectivity index (χ0n) is 12.2. The summed E-state index contributed by atoms with van der Waals surface area (Å²) >= 11 is 0. The summed E-state index contributed by atoms with van der Waals surface area (Å²) in [5, 5.41) is 5.76. The third-order valence-corrected chi connectivity index (χ3v) is 3.31. The molecule has 6 heteroatoms. The van der Waals surface area contributed by atoms with Crippen molar-refractivity contribution in [2.45, 2.75) is 6.10 Å². The lowest BCUT2D eigenvalue weighted by atomic mass is 10.2. The van der Waals surface area contributed by atoms with Gasteiger partial charge in [-0.1, -0.05) is 0 Å². The van der Waals surface area contributed by atoms with Crippen LogP contribution in [0.4, 0.5) is 11.4 Å². The topological polar surface area (TPSA) is 72.5 Å². The van der Waals surface area contributed by atoms with Crippen molar-refractivity contribution in [3.05, 3.63) is 48.3 Å². The molecule has 1 aromatic carbocycles. The average Bonchev–Trinajstić information content (AvgIpc) is 2.52. The number of nitrogens with zero attached hydrogens (tertiary/aromatic N) is 1. The Bertz CT molecular complexity index is 637. The second kappa shape index (κ2) is 6.44. The fourth-order valence-corrected chi connectivity index (χ4v) is 1.96. The van der Waals surface area contributed by atoms with Gasteiger partial charge in [0.1, 0.15) is 17.5 Å². The number of benzene rings is 1. The number of hydrogen-bond acceptors (Lipinski definition) is 5. The van der Waals surface area contributed by atoms with Gasteiger partial charge >= 0.3 is 0 Å². The summed E-state index contributed by atoms with van der Waals surface area (Å²) in [5.41, 5.74) is 1.92. The van der Waals surface area contributed by atoms with Gasteiger partial charge in [-0.05, 0) is 36.4 Å². The first-order valence-corrected chi connectivity index (χ1v) is 7.04. The van der Waals surface area contributed by atoms with E-state index in [1.807, 2.05) is 12.1 Å². The van der Waals surface area contributed by atoms with Gasteiger partial charge in [0, 0.05) is 12.7 Å². The first kappa shape index (κ1) is 14.3. The molecule has 1 fully saturated rings. The molecule has 22 heavy (non-hydrogen) atoms. The van der Waals surface area contributed by atoms with Crippen molar-refractivity contribution in [2.75, 3.05) is 30.9 Å². The lowest BCUT2D eigenvalue weighted by molar-refractivity contribution is -0.0796. The van der Waals surface area contributed by atoms with Gasteiger partial charge in [-0.25, -0.2) is 4.98 Å². The summed E-state index contributed by atoms with van der Waals surface area (Å²) in [6.45, 7) is 1.26. The van der Waals surface area contributed by atoms with Crippen LogP contribution in [0, 0.1) is 0 Å². The summed E-state index contributed by atoms with van der Waals surface area (Å²) < 4.78 is 10.7. The Kier molecular flexibility index (Phi) is 4.20. The molecule has 1 saturated heterocycles. The largest absolute Gasteiger partial charge is 0.486 e.